The van der Waals surface area contributed by atoms with Gasteiger partial charge in [0.25, 0.3) is 5.91 Å². The summed E-state index contributed by atoms with van der Waals surface area (Å²) in [4.78, 5) is 28.1. The summed E-state index contributed by atoms with van der Waals surface area (Å²) in [7, 11) is 0. The second-order valence-electron chi connectivity index (χ2n) is 7.37. The zero-order valence-corrected chi connectivity index (χ0v) is 15.8. The van der Waals surface area contributed by atoms with E-state index in [1.54, 1.807) is 0 Å². The normalized spacial score (nSPS) is 18.7. The van der Waals surface area contributed by atoms with Crippen molar-refractivity contribution in [1.82, 2.24) is 9.80 Å². The second-order valence-corrected chi connectivity index (χ2v) is 7.37. The summed E-state index contributed by atoms with van der Waals surface area (Å²) in [5.74, 6) is 1.68. The van der Waals surface area contributed by atoms with E-state index in [4.69, 9.17) is 4.74 Å². The van der Waals surface area contributed by atoms with Crippen LogP contribution in [0.1, 0.15) is 55.8 Å². The molecule has 1 aromatic carbocycles. The van der Waals surface area contributed by atoms with Gasteiger partial charge in [-0.15, -0.1) is 0 Å². The minimum Gasteiger partial charge on any atom is -0.493 e. The average molecular weight is 358 g/mol. The van der Waals surface area contributed by atoms with Gasteiger partial charge in [0, 0.05) is 38.2 Å². The molecule has 0 saturated carbocycles. The molecular weight excluding hydrogens is 328 g/mol. The van der Waals surface area contributed by atoms with Crippen molar-refractivity contribution >= 4 is 11.8 Å². The van der Waals surface area contributed by atoms with E-state index in [1.807, 2.05) is 41.0 Å². The molecule has 0 aliphatic carbocycles. The second kappa shape index (κ2) is 9.06. The van der Waals surface area contributed by atoms with Crippen molar-refractivity contribution in [1.29, 1.82) is 0 Å². The summed E-state index contributed by atoms with van der Waals surface area (Å²) >= 11 is 0. The van der Waals surface area contributed by atoms with Crippen LogP contribution >= 0.6 is 0 Å². The molecule has 0 spiro atoms. The van der Waals surface area contributed by atoms with Gasteiger partial charge in [0.05, 0.1) is 6.61 Å². The first-order valence-electron chi connectivity index (χ1n) is 9.97. The fourth-order valence-corrected chi connectivity index (χ4v) is 3.76. The van der Waals surface area contributed by atoms with E-state index in [9.17, 15) is 9.59 Å². The van der Waals surface area contributed by atoms with Crippen LogP contribution in [0.15, 0.2) is 24.3 Å². The topological polar surface area (TPSA) is 49.9 Å². The first-order valence-corrected chi connectivity index (χ1v) is 9.97. The summed E-state index contributed by atoms with van der Waals surface area (Å²) in [5.41, 5.74) is 0.741. The summed E-state index contributed by atoms with van der Waals surface area (Å²) in [6.07, 6.45) is 6.02. The third kappa shape index (κ3) is 4.77. The standard InChI is InChI=1S/C21H30N2O3/c1-2-20(24)22-14-10-17(11-15-22)16-26-19-8-6-18(7-9-19)21(25)23-12-4-3-5-13-23/h6-9,17H,2-5,10-16H2,1H3. The third-order valence-electron chi connectivity index (χ3n) is 5.50. The summed E-state index contributed by atoms with van der Waals surface area (Å²) in [6.45, 7) is 6.01. The molecule has 2 aliphatic rings. The minimum absolute atomic E-state index is 0.129. The summed E-state index contributed by atoms with van der Waals surface area (Å²) in [6, 6.07) is 7.53. The van der Waals surface area contributed by atoms with Crippen molar-refractivity contribution in [2.45, 2.75) is 45.4 Å². The highest BCUT2D eigenvalue weighted by atomic mass is 16.5. The Balaban J connectivity index is 1.45. The Morgan fingerprint density at radius 3 is 2.23 bits per heavy atom. The molecule has 0 radical (unpaired) electrons. The first-order chi connectivity index (χ1) is 12.7. The minimum atomic E-state index is 0.129. The molecule has 0 unspecified atom stereocenters. The van der Waals surface area contributed by atoms with E-state index in [-0.39, 0.29) is 11.8 Å². The van der Waals surface area contributed by atoms with Crippen LogP contribution in [-0.4, -0.2) is 54.4 Å². The van der Waals surface area contributed by atoms with Gasteiger partial charge in [0.1, 0.15) is 5.75 Å². The highest BCUT2D eigenvalue weighted by Gasteiger charge is 2.22. The Morgan fingerprint density at radius 1 is 0.962 bits per heavy atom. The molecule has 1 aromatic rings. The molecule has 2 aliphatic heterocycles. The summed E-state index contributed by atoms with van der Waals surface area (Å²) in [5, 5.41) is 0. The van der Waals surface area contributed by atoms with E-state index in [0.717, 1.165) is 63.2 Å². The molecule has 2 amide bonds. The number of benzene rings is 1. The number of ether oxygens (including phenoxy) is 1. The molecule has 2 heterocycles. The van der Waals surface area contributed by atoms with Crippen molar-refractivity contribution in [3.8, 4) is 5.75 Å². The molecule has 3 rings (SSSR count). The van der Waals surface area contributed by atoms with Crippen molar-refractivity contribution in [3.05, 3.63) is 29.8 Å². The molecule has 5 heteroatoms. The molecular formula is C21H30N2O3. The molecule has 2 saturated heterocycles. The molecule has 5 nitrogen and oxygen atoms in total. The largest absolute Gasteiger partial charge is 0.493 e. The number of likely N-dealkylation sites (tertiary alicyclic amines) is 2. The Bertz CT molecular complexity index is 600. The van der Waals surface area contributed by atoms with Crippen LogP contribution in [0.25, 0.3) is 0 Å². The summed E-state index contributed by atoms with van der Waals surface area (Å²) < 4.78 is 5.92. The number of rotatable bonds is 5. The van der Waals surface area contributed by atoms with Crippen molar-refractivity contribution < 1.29 is 14.3 Å². The lowest BCUT2D eigenvalue weighted by atomic mass is 9.97. The van der Waals surface area contributed by atoms with Crippen molar-refractivity contribution in [3.63, 3.8) is 0 Å². The fraction of sp³-hybridized carbons (Fsp3) is 0.619. The van der Waals surface area contributed by atoms with Crippen LogP contribution in [0.4, 0.5) is 0 Å². The van der Waals surface area contributed by atoms with Gasteiger partial charge in [-0.2, -0.15) is 0 Å². The van der Waals surface area contributed by atoms with Gasteiger partial charge in [-0.05, 0) is 62.3 Å². The van der Waals surface area contributed by atoms with E-state index in [1.165, 1.54) is 6.42 Å². The SMILES string of the molecule is CCC(=O)N1CCC(COc2ccc(C(=O)N3CCCCC3)cc2)CC1. The van der Waals surface area contributed by atoms with Gasteiger partial charge in [0.15, 0.2) is 0 Å². The predicted octanol–water partition coefficient (Wildman–Crippen LogP) is 3.34. The number of hydrogen-bond donors (Lipinski definition) is 0. The van der Waals surface area contributed by atoms with Crippen LogP contribution < -0.4 is 4.74 Å². The highest BCUT2D eigenvalue weighted by molar-refractivity contribution is 5.94. The van der Waals surface area contributed by atoms with Crippen LogP contribution in [0.3, 0.4) is 0 Å². The molecule has 0 N–H and O–H groups in total. The Labute approximate surface area is 156 Å². The molecule has 2 fully saturated rings. The monoisotopic (exact) mass is 358 g/mol. The lowest BCUT2D eigenvalue weighted by molar-refractivity contribution is -0.132. The van der Waals surface area contributed by atoms with Crippen LogP contribution in [-0.2, 0) is 4.79 Å². The quantitative estimate of drug-likeness (QED) is 0.811. The lowest BCUT2D eigenvalue weighted by Gasteiger charge is -2.31. The number of carbonyl (C=O) groups is 2. The number of piperidine rings is 2. The lowest BCUT2D eigenvalue weighted by Crippen LogP contribution is -2.39. The average Bonchev–Trinajstić information content (AvgIpc) is 2.72. The van der Waals surface area contributed by atoms with E-state index < -0.39 is 0 Å². The third-order valence-corrected chi connectivity index (χ3v) is 5.50. The van der Waals surface area contributed by atoms with Crippen LogP contribution in [0.2, 0.25) is 0 Å². The Kier molecular flexibility index (Phi) is 6.53. The van der Waals surface area contributed by atoms with E-state index in [2.05, 4.69) is 0 Å². The number of nitrogens with zero attached hydrogens (tertiary/aromatic N) is 2. The molecule has 0 atom stereocenters. The van der Waals surface area contributed by atoms with Crippen molar-refractivity contribution in [2.75, 3.05) is 32.8 Å². The fourth-order valence-electron chi connectivity index (χ4n) is 3.76. The van der Waals surface area contributed by atoms with Gasteiger partial charge in [-0.1, -0.05) is 6.92 Å². The van der Waals surface area contributed by atoms with E-state index in [0.29, 0.717) is 18.9 Å². The molecule has 26 heavy (non-hydrogen) atoms. The zero-order chi connectivity index (χ0) is 18.4. The van der Waals surface area contributed by atoms with Crippen molar-refractivity contribution in [2.24, 2.45) is 5.92 Å². The smallest absolute Gasteiger partial charge is 0.253 e. The molecule has 0 bridgehead atoms. The number of hydrogen-bond acceptors (Lipinski definition) is 3. The van der Waals surface area contributed by atoms with Crippen LogP contribution in [0.5, 0.6) is 5.75 Å². The molecule has 142 valence electrons. The molecule has 0 aromatic heterocycles. The van der Waals surface area contributed by atoms with E-state index >= 15 is 0 Å². The Morgan fingerprint density at radius 2 is 1.62 bits per heavy atom. The first kappa shape index (κ1) is 18.7. The maximum Gasteiger partial charge on any atom is 0.253 e. The van der Waals surface area contributed by atoms with Gasteiger partial charge < -0.3 is 14.5 Å². The number of amides is 2. The van der Waals surface area contributed by atoms with Gasteiger partial charge >= 0.3 is 0 Å². The van der Waals surface area contributed by atoms with Crippen LogP contribution in [0, 0.1) is 5.92 Å². The maximum absolute atomic E-state index is 12.5. The zero-order valence-electron chi connectivity index (χ0n) is 15.8. The van der Waals surface area contributed by atoms with Gasteiger partial charge in [-0.25, -0.2) is 0 Å². The number of carbonyl (C=O) groups excluding carboxylic acids is 2. The highest BCUT2D eigenvalue weighted by Crippen LogP contribution is 2.21. The maximum atomic E-state index is 12.5. The predicted molar refractivity (Wildman–Crippen MR) is 101 cm³/mol. The van der Waals surface area contributed by atoms with Gasteiger partial charge in [0.2, 0.25) is 5.91 Å². The van der Waals surface area contributed by atoms with Gasteiger partial charge in [-0.3, -0.25) is 9.59 Å². The Hall–Kier alpha value is -2.04.